The minimum absolute atomic E-state index is 0. The molecular weight excluding hydrogens is 296 g/mol. The average molecular weight is 335 g/mol. The van der Waals surface area contributed by atoms with Gasteiger partial charge in [-0.15, -0.1) is 12.4 Å². The van der Waals surface area contributed by atoms with E-state index in [9.17, 15) is 4.79 Å². The predicted molar refractivity (Wildman–Crippen MR) is 98.8 cm³/mol. The second-order valence-electron chi connectivity index (χ2n) is 6.28. The Kier molecular flexibility index (Phi) is 22.7. The molecule has 0 heterocycles. The van der Waals surface area contributed by atoms with E-state index in [-0.39, 0.29) is 18.4 Å². The Morgan fingerprint density at radius 3 is 1.27 bits per heavy atom. The van der Waals surface area contributed by atoms with E-state index >= 15 is 0 Å². The third kappa shape index (κ3) is 19.8. The van der Waals surface area contributed by atoms with Gasteiger partial charge in [-0.25, -0.2) is 0 Å². The highest BCUT2D eigenvalue weighted by atomic mass is 35.5. The largest absolute Gasteiger partial charge is 0.469 e. The van der Waals surface area contributed by atoms with Crippen molar-refractivity contribution in [3.63, 3.8) is 0 Å². The zero-order valence-electron chi connectivity index (χ0n) is 15.0. The normalized spacial score (nSPS) is 10.3. The zero-order chi connectivity index (χ0) is 15.6. The molecule has 2 nitrogen and oxygen atoms in total. The van der Waals surface area contributed by atoms with Crippen LogP contribution in [0.4, 0.5) is 0 Å². The van der Waals surface area contributed by atoms with E-state index in [1.165, 1.54) is 97.0 Å². The topological polar surface area (TPSA) is 26.3 Å². The minimum atomic E-state index is -0.0651. The summed E-state index contributed by atoms with van der Waals surface area (Å²) in [5.74, 6) is -0.0651. The molecule has 0 bridgehead atoms. The molecule has 0 saturated carbocycles. The number of rotatable bonds is 16. The first-order chi connectivity index (χ1) is 10.3. The first kappa shape index (κ1) is 24.0. The van der Waals surface area contributed by atoms with E-state index in [1.807, 2.05) is 0 Å². The van der Waals surface area contributed by atoms with E-state index < -0.39 is 0 Å². The van der Waals surface area contributed by atoms with Crippen LogP contribution in [0.15, 0.2) is 0 Å². The van der Waals surface area contributed by atoms with Gasteiger partial charge in [-0.1, -0.05) is 96.8 Å². The summed E-state index contributed by atoms with van der Waals surface area (Å²) in [5, 5.41) is 0. The summed E-state index contributed by atoms with van der Waals surface area (Å²) in [6.07, 6.45) is 20.9. The Hall–Kier alpha value is -0.240. The summed E-state index contributed by atoms with van der Waals surface area (Å²) in [5.41, 5.74) is 0. The van der Waals surface area contributed by atoms with Gasteiger partial charge in [0.1, 0.15) is 0 Å². The van der Waals surface area contributed by atoms with Crippen LogP contribution in [0.2, 0.25) is 0 Å². The lowest BCUT2D eigenvalue weighted by molar-refractivity contribution is -0.140. The highest BCUT2D eigenvalue weighted by molar-refractivity contribution is 5.85. The lowest BCUT2D eigenvalue weighted by Gasteiger charge is -2.03. The lowest BCUT2D eigenvalue weighted by atomic mass is 10.0. The fourth-order valence-corrected chi connectivity index (χ4v) is 2.74. The fourth-order valence-electron chi connectivity index (χ4n) is 2.74. The Balaban J connectivity index is 0. The number of carbonyl (C=O) groups excluding carboxylic acids is 1. The molecule has 0 aliphatic heterocycles. The van der Waals surface area contributed by atoms with Crippen LogP contribution in [0.3, 0.4) is 0 Å². The summed E-state index contributed by atoms with van der Waals surface area (Å²) in [4.78, 5) is 10.9. The molecule has 134 valence electrons. The van der Waals surface area contributed by atoms with E-state index in [2.05, 4.69) is 11.7 Å². The number of hydrogen-bond acceptors (Lipinski definition) is 2. The molecule has 0 aliphatic rings. The van der Waals surface area contributed by atoms with Crippen molar-refractivity contribution < 1.29 is 9.53 Å². The number of hydrogen-bond donors (Lipinski definition) is 0. The Bertz CT molecular complexity index is 219. The van der Waals surface area contributed by atoms with Crippen LogP contribution in [-0.2, 0) is 9.53 Å². The van der Waals surface area contributed by atoms with Crippen molar-refractivity contribution in [1.82, 2.24) is 0 Å². The predicted octanol–water partition coefficient (Wildman–Crippen LogP) is 6.84. The van der Waals surface area contributed by atoms with Crippen molar-refractivity contribution in [3.8, 4) is 0 Å². The number of unbranched alkanes of at least 4 members (excludes halogenated alkanes) is 14. The summed E-state index contributed by atoms with van der Waals surface area (Å²) < 4.78 is 4.63. The van der Waals surface area contributed by atoms with E-state index in [4.69, 9.17) is 0 Å². The molecule has 0 radical (unpaired) electrons. The Morgan fingerprint density at radius 1 is 0.636 bits per heavy atom. The van der Waals surface area contributed by atoms with E-state index in [0.29, 0.717) is 6.42 Å². The number of halogens is 1. The van der Waals surface area contributed by atoms with Crippen LogP contribution in [0, 0.1) is 0 Å². The SMILES string of the molecule is CCCCCCCCCCCCCCCCCC(=O)OC.Cl. The maximum Gasteiger partial charge on any atom is 0.305 e. The summed E-state index contributed by atoms with van der Waals surface area (Å²) >= 11 is 0. The molecule has 0 atom stereocenters. The minimum Gasteiger partial charge on any atom is -0.469 e. The van der Waals surface area contributed by atoms with Crippen LogP contribution >= 0.6 is 12.4 Å². The quantitative estimate of drug-likeness (QED) is 0.228. The van der Waals surface area contributed by atoms with Gasteiger partial charge in [-0.3, -0.25) is 4.79 Å². The first-order valence-electron chi connectivity index (χ1n) is 9.38. The molecule has 0 rings (SSSR count). The van der Waals surface area contributed by atoms with Crippen LogP contribution < -0.4 is 0 Å². The third-order valence-corrected chi connectivity index (χ3v) is 4.21. The molecule has 3 heteroatoms. The van der Waals surface area contributed by atoms with Crippen LogP contribution in [-0.4, -0.2) is 13.1 Å². The molecule has 0 spiro atoms. The number of esters is 1. The number of ether oxygens (including phenoxy) is 1. The van der Waals surface area contributed by atoms with Gasteiger partial charge in [0, 0.05) is 6.42 Å². The van der Waals surface area contributed by atoms with Crippen molar-refractivity contribution in [2.75, 3.05) is 7.11 Å². The molecule has 0 aromatic rings. The van der Waals surface area contributed by atoms with E-state index in [0.717, 1.165) is 6.42 Å². The molecule has 0 aromatic carbocycles. The Morgan fingerprint density at radius 2 is 0.955 bits per heavy atom. The molecule has 0 saturated heterocycles. The van der Waals surface area contributed by atoms with Crippen LogP contribution in [0.1, 0.15) is 110 Å². The van der Waals surface area contributed by atoms with Gasteiger partial charge in [-0.2, -0.15) is 0 Å². The van der Waals surface area contributed by atoms with Gasteiger partial charge in [-0.05, 0) is 6.42 Å². The summed E-state index contributed by atoms with van der Waals surface area (Å²) in [6.45, 7) is 2.28. The molecule has 0 fully saturated rings. The van der Waals surface area contributed by atoms with Crippen molar-refractivity contribution >= 4 is 18.4 Å². The highest BCUT2D eigenvalue weighted by Crippen LogP contribution is 2.13. The summed E-state index contributed by atoms with van der Waals surface area (Å²) in [6, 6.07) is 0. The van der Waals surface area contributed by atoms with Gasteiger partial charge in [0.2, 0.25) is 0 Å². The van der Waals surface area contributed by atoms with Crippen molar-refractivity contribution in [3.05, 3.63) is 0 Å². The van der Waals surface area contributed by atoms with Gasteiger partial charge in [0.25, 0.3) is 0 Å². The molecule has 0 aromatic heterocycles. The molecular formula is C19H39ClO2. The van der Waals surface area contributed by atoms with Crippen molar-refractivity contribution in [2.45, 2.75) is 110 Å². The highest BCUT2D eigenvalue weighted by Gasteiger charge is 1.99. The molecule has 0 unspecified atom stereocenters. The molecule has 0 N–H and O–H groups in total. The molecule has 0 amide bonds. The molecule has 0 aliphatic carbocycles. The standard InChI is InChI=1S/C19H38O2.ClH/c1-3-4-5-6-7-8-9-10-11-12-13-14-15-16-17-18-19(20)21-2;/h3-18H2,1-2H3;1H. The maximum atomic E-state index is 10.9. The second kappa shape index (κ2) is 20.8. The number of methoxy groups -OCH3 is 1. The van der Waals surface area contributed by atoms with Gasteiger partial charge < -0.3 is 4.74 Å². The lowest BCUT2D eigenvalue weighted by Crippen LogP contribution is -1.99. The van der Waals surface area contributed by atoms with Gasteiger partial charge in [0.15, 0.2) is 0 Å². The van der Waals surface area contributed by atoms with Crippen LogP contribution in [0.5, 0.6) is 0 Å². The second-order valence-corrected chi connectivity index (χ2v) is 6.28. The number of carbonyl (C=O) groups is 1. The Labute approximate surface area is 145 Å². The third-order valence-electron chi connectivity index (χ3n) is 4.21. The summed E-state index contributed by atoms with van der Waals surface area (Å²) in [7, 11) is 1.47. The van der Waals surface area contributed by atoms with Gasteiger partial charge in [0.05, 0.1) is 7.11 Å². The van der Waals surface area contributed by atoms with Crippen LogP contribution in [0.25, 0.3) is 0 Å². The first-order valence-corrected chi connectivity index (χ1v) is 9.38. The average Bonchev–Trinajstić information content (AvgIpc) is 2.50. The van der Waals surface area contributed by atoms with Gasteiger partial charge >= 0.3 is 5.97 Å². The van der Waals surface area contributed by atoms with E-state index in [1.54, 1.807) is 0 Å². The fraction of sp³-hybridized carbons (Fsp3) is 0.947. The maximum absolute atomic E-state index is 10.9. The smallest absolute Gasteiger partial charge is 0.305 e. The monoisotopic (exact) mass is 334 g/mol. The zero-order valence-corrected chi connectivity index (χ0v) is 15.9. The van der Waals surface area contributed by atoms with Crippen molar-refractivity contribution in [1.29, 1.82) is 0 Å². The molecule has 22 heavy (non-hydrogen) atoms. The van der Waals surface area contributed by atoms with Crippen molar-refractivity contribution in [2.24, 2.45) is 0 Å².